The zero-order valence-electron chi connectivity index (χ0n) is 12.6. The zero-order valence-corrected chi connectivity index (χ0v) is 13.4. The highest BCUT2D eigenvalue weighted by Gasteiger charge is 2.37. The summed E-state index contributed by atoms with van der Waals surface area (Å²) in [5.41, 5.74) is 0.741. The molecule has 0 aromatic heterocycles. The van der Waals surface area contributed by atoms with Crippen molar-refractivity contribution < 1.29 is 5.11 Å². The first kappa shape index (κ1) is 15.3. The fourth-order valence-corrected chi connectivity index (χ4v) is 3.71. The molecule has 2 aliphatic heterocycles. The second kappa shape index (κ2) is 6.66. The van der Waals surface area contributed by atoms with Gasteiger partial charge >= 0.3 is 0 Å². The molecule has 1 N–H and O–H groups in total. The van der Waals surface area contributed by atoms with Crippen molar-refractivity contribution in [2.75, 3.05) is 32.7 Å². The molecule has 3 nitrogen and oxygen atoms in total. The molecule has 2 saturated heterocycles. The maximum atomic E-state index is 10.8. The van der Waals surface area contributed by atoms with Crippen LogP contribution in [0.4, 0.5) is 0 Å². The van der Waals surface area contributed by atoms with Crippen molar-refractivity contribution in [2.24, 2.45) is 0 Å². The van der Waals surface area contributed by atoms with Crippen LogP contribution in [-0.4, -0.2) is 53.2 Å². The van der Waals surface area contributed by atoms with Crippen LogP contribution in [0.5, 0.6) is 0 Å². The molecule has 1 atom stereocenters. The summed E-state index contributed by atoms with van der Waals surface area (Å²) in [5, 5.41) is 11.6. The van der Waals surface area contributed by atoms with Crippen LogP contribution in [0.25, 0.3) is 0 Å². The van der Waals surface area contributed by atoms with Crippen molar-refractivity contribution in [3.8, 4) is 0 Å². The Hall–Kier alpha value is -0.610. The van der Waals surface area contributed by atoms with E-state index >= 15 is 0 Å². The number of rotatable bonds is 4. The summed E-state index contributed by atoms with van der Waals surface area (Å²) in [4.78, 5) is 4.79. The molecule has 0 unspecified atom stereocenters. The summed E-state index contributed by atoms with van der Waals surface area (Å²) in [5.74, 6) is 0. The Balaban J connectivity index is 1.52. The molecule has 3 rings (SSSR count). The van der Waals surface area contributed by atoms with Gasteiger partial charge in [-0.1, -0.05) is 30.2 Å². The minimum atomic E-state index is -0.524. The third kappa shape index (κ3) is 4.19. The first-order chi connectivity index (χ1) is 10.1. The summed E-state index contributed by atoms with van der Waals surface area (Å²) < 4.78 is 0. The first-order valence-corrected chi connectivity index (χ1v) is 8.42. The third-order valence-corrected chi connectivity index (χ3v) is 4.95. The van der Waals surface area contributed by atoms with E-state index in [1.54, 1.807) is 0 Å². The molecule has 0 aliphatic carbocycles. The molecule has 1 aromatic carbocycles. The minimum absolute atomic E-state index is 0.524. The Labute approximate surface area is 132 Å². The van der Waals surface area contributed by atoms with Gasteiger partial charge in [0.05, 0.1) is 5.60 Å². The highest BCUT2D eigenvalue weighted by molar-refractivity contribution is 6.30. The maximum absolute atomic E-state index is 10.8. The van der Waals surface area contributed by atoms with Crippen molar-refractivity contribution in [2.45, 2.75) is 37.8 Å². The lowest BCUT2D eigenvalue weighted by Crippen LogP contribution is -2.46. The Morgan fingerprint density at radius 2 is 1.71 bits per heavy atom. The van der Waals surface area contributed by atoms with E-state index in [0.717, 1.165) is 50.7 Å². The molecular weight excluding hydrogens is 284 g/mol. The molecule has 0 saturated carbocycles. The van der Waals surface area contributed by atoms with E-state index in [-0.39, 0.29) is 0 Å². The minimum Gasteiger partial charge on any atom is -0.387 e. The topological polar surface area (TPSA) is 26.7 Å². The summed E-state index contributed by atoms with van der Waals surface area (Å²) in [6, 6.07) is 8.02. The average Bonchev–Trinajstić information content (AvgIpc) is 2.83. The van der Waals surface area contributed by atoms with Gasteiger partial charge < -0.3 is 10.0 Å². The summed E-state index contributed by atoms with van der Waals surface area (Å²) >= 11 is 5.92. The van der Waals surface area contributed by atoms with Crippen LogP contribution in [0.3, 0.4) is 0 Å². The van der Waals surface area contributed by atoms with Crippen LogP contribution in [0.15, 0.2) is 24.3 Å². The molecular formula is C17H25ClN2O. The van der Waals surface area contributed by atoms with E-state index in [9.17, 15) is 5.11 Å². The van der Waals surface area contributed by atoms with Crippen LogP contribution in [0.1, 0.15) is 31.2 Å². The van der Waals surface area contributed by atoms with Gasteiger partial charge in [0.25, 0.3) is 0 Å². The maximum Gasteiger partial charge on any atom is 0.0912 e. The van der Waals surface area contributed by atoms with Crippen LogP contribution in [-0.2, 0) is 6.54 Å². The number of nitrogens with zero attached hydrogens (tertiary/aromatic N) is 2. The van der Waals surface area contributed by atoms with Gasteiger partial charge in [-0.15, -0.1) is 0 Å². The molecule has 0 radical (unpaired) electrons. The SMILES string of the molecule is O[C@]1(CN2CCCCC2)CCN(Cc2ccc(Cl)cc2)C1. The van der Waals surface area contributed by atoms with Crippen LogP contribution >= 0.6 is 11.6 Å². The summed E-state index contributed by atoms with van der Waals surface area (Å²) in [6.07, 6.45) is 4.80. The van der Waals surface area contributed by atoms with Gasteiger partial charge in [-0.3, -0.25) is 4.90 Å². The van der Waals surface area contributed by atoms with E-state index in [2.05, 4.69) is 21.9 Å². The molecule has 116 valence electrons. The van der Waals surface area contributed by atoms with Gasteiger partial charge in [-0.2, -0.15) is 0 Å². The second-order valence-corrected chi connectivity index (χ2v) is 7.08. The quantitative estimate of drug-likeness (QED) is 0.926. The number of hydrogen-bond acceptors (Lipinski definition) is 3. The van der Waals surface area contributed by atoms with Crippen LogP contribution in [0, 0.1) is 0 Å². The number of aliphatic hydroxyl groups is 1. The standard InChI is InChI=1S/C17H25ClN2O/c18-16-6-4-15(5-7-16)12-20-11-8-17(21,14-20)13-19-9-2-1-3-10-19/h4-7,21H,1-3,8-14H2/t17-/m0/s1. The highest BCUT2D eigenvalue weighted by Crippen LogP contribution is 2.25. The monoisotopic (exact) mass is 308 g/mol. The molecule has 2 fully saturated rings. The predicted octanol–water partition coefficient (Wildman–Crippen LogP) is 2.76. The van der Waals surface area contributed by atoms with Gasteiger partial charge in [0.15, 0.2) is 0 Å². The number of piperidine rings is 1. The van der Waals surface area contributed by atoms with E-state index in [1.807, 2.05) is 12.1 Å². The van der Waals surface area contributed by atoms with E-state index in [4.69, 9.17) is 11.6 Å². The highest BCUT2D eigenvalue weighted by atomic mass is 35.5. The molecule has 2 heterocycles. The molecule has 21 heavy (non-hydrogen) atoms. The second-order valence-electron chi connectivity index (χ2n) is 6.65. The third-order valence-electron chi connectivity index (χ3n) is 4.70. The van der Waals surface area contributed by atoms with Gasteiger partial charge in [-0.05, 0) is 50.0 Å². The van der Waals surface area contributed by atoms with Gasteiger partial charge in [0, 0.05) is 31.2 Å². The average molecular weight is 309 g/mol. The largest absolute Gasteiger partial charge is 0.387 e. The fourth-order valence-electron chi connectivity index (χ4n) is 3.59. The number of hydrogen-bond donors (Lipinski definition) is 1. The van der Waals surface area contributed by atoms with Crippen molar-refractivity contribution in [3.05, 3.63) is 34.9 Å². The molecule has 0 amide bonds. The lowest BCUT2D eigenvalue weighted by Gasteiger charge is -2.33. The van der Waals surface area contributed by atoms with Gasteiger partial charge in [0.2, 0.25) is 0 Å². The normalized spacial score (nSPS) is 28.1. The number of β-amino-alcohol motifs (C(OH)–C–C–N with tert-alkyl or cyclic N) is 1. The lowest BCUT2D eigenvalue weighted by atomic mass is 10.0. The number of likely N-dealkylation sites (tertiary alicyclic amines) is 2. The van der Waals surface area contributed by atoms with Gasteiger partial charge in [0.1, 0.15) is 0 Å². The Kier molecular flexibility index (Phi) is 4.85. The lowest BCUT2D eigenvalue weighted by molar-refractivity contribution is 0.00635. The van der Waals surface area contributed by atoms with Crippen LogP contribution in [0.2, 0.25) is 5.02 Å². The smallest absolute Gasteiger partial charge is 0.0912 e. The van der Waals surface area contributed by atoms with E-state index < -0.39 is 5.60 Å². The predicted molar refractivity (Wildman–Crippen MR) is 86.6 cm³/mol. The molecule has 4 heteroatoms. The van der Waals surface area contributed by atoms with Crippen molar-refractivity contribution in [1.82, 2.24) is 9.80 Å². The van der Waals surface area contributed by atoms with Crippen molar-refractivity contribution >= 4 is 11.6 Å². The fraction of sp³-hybridized carbons (Fsp3) is 0.647. The first-order valence-electron chi connectivity index (χ1n) is 8.05. The van der Waals surface area contributed by atoms with E-state index in [0.29, 0.717) is 0 Å². The van der Waals surface area contributed by atoms with Crippen molar-refractivity contribution in [1.29, 1.82) is 0 Å². The number of benzene rings is 1. The Morgan fingerprint density at radius 1 is 1.00 bits per heavy atom. The Morgan fingerprint density at radius 3 is 2.43 bits per heavy atom. The van der Waals surface area contributed by atoms with Crippen LogP contribution < -0.4 is 0 Å². The molecule has 0 bridgehead atoms. The zero-order chi connectivity index (χ0) is 14.7. The summed E-state index contributed by atoms with van der Waals surface area (Å²) in [7, 11) is 0. The molecule has 2 aliphatic rings. The number of halogens is 1. The summed E-state index contributed by atoms with van der Waals surface area (Å²) in [6.45, 7) is 5.81. The Bertz CT molecular complexity index is 458. The van der Waals surface area contributed by atoms with Crippen molar-refractivity contribution in [3.63, 3.8) is 0 Å². The molecule has 0 spiro atoms. The molecule has 1 aromatic rings. The van der Waals surface area contributed by atoms with Gasteiger partial charge in [-0.25, -0.2) is 0 Å². The van der Waals surface area contributed by atoms with E-state index in [1.165, 1.54) is 24.8 Å².